The minimum Gasteiger partial charge on any atom is -0.477 e. The third kappa shape index (κ3) is 1.36. The molecule has 0 spiro atoms. The van der Waals surface area contributed by atoms with Crippen LogP contribution in [0.25, 0.3) is 0 Å². The minimum absolute atomic E-state index is 0.428. The van der Waals surface area contributed by atoms with Gasteiger partial charge in [0, 0.05) is 4.88 Å². The van der Waals surface area contributed by atoms with Gasteiger partial charge in [0.1, 0.15) is 4.88 Å². The van der Waals surface area contributed by atoms with Gasteiger partial charge in [-0.3, -0.25) is 0 Å². The van der Waals surface area contributed by atoms with E-state index < -0.39 is 5.97 Å². The molecule has 0 saturated carbocycles. The van der Waals surface area contributed by atoms with E-state index in [1.807, 2.05) is 13.0 Å². The highest BCUT2D eigenvalue weighted by molar-refractivity contribution is 7.13. The van der Waals surface area contributed by atoms with Crippen LogP contribution in [0.2, 0.25) is 0 Å². The Hall–Kier alpha value is -0.830. The van der Waals surface area contributed by atoms with E-state index in [4.69, 9.17) is 5.11 Å². The summed E-state index contributed by atoms with van der Waals surface area (Å²) in [5.74, 6) is -0.829. The van der Waals surface area contributed by atoms with Crippen LogP contribution in [0.5, 0.6) is 0 Å². The number of aromatic carboxylic acids is 1. The van der Waals surface area contributed by atoms with Crippen LogP contribution in [0.1, 0.15) is 21.5 Å². The summed E-state index contributed by atoms with van der Waals surface area (Å²) >= 11 is 1.34. The van der Waals surface area contributed by atoms with Crippen molar-refractivity contribution in [3.63, 3.8) is 0 Å². The zero-order valence-corrected chi connectivity index (χ0v) is 6.44. The zero-order valence-electron chi connectivity index (χ0n) is 5.63. The van der Waals surface area contributed by atoms with Crippen molar-refractivity contribution in [2.45, 2.75) is 13.3 Å². The molecule has 0 radical (unpaired) electrons. The highest BCUT2D eigenvalue weighted by atomic mass is 32.1. The monoisotopic (exact) mass is 156 g/mol. The maximum atomic E-state index is 10.3. The predicted octanol–water partition coefficient (Wildman–Crippen LogP) is 2.01. The van der Waals surface area contributed by atoms with Crippen LogP contribution >= 0.6 is 11.3 Å². The van der Waals surface area contributed by atoms with Gasteiger partial charge in [-0.25, -0.2) is 4.79 Å². The Labute approximate surface area is 63.1 Å². The number of thiophene rings is 1. The third-order valence-electron chi connectivity index (χ3n) is 1.22. The molecule has 0 saturated heterocycles. The molecular weight excluding hydrogens is 148 g/mol. The van der Waals surface area contributed by atoms with Crippen LogP contribution in [0.15, 0.2) is 12.1 Å². The molecule has 1 heterocycles. The van der Waals surface area contributed by atoms with E-state index in [1.165, 1.54) is 11.3 Å². The third-order valence-corrected chi connectivity index (χ3v) is 2.44. The normalized spacial score (nSPS) is 9.70. The Kier molecular flexibility index (Phi) is 2.06. The van der Waals surface area contributed by atoms with E-state index in [9.17, 15) is 4.79 Å². The molecule has 2 nitrogen and oxygen atoms in total. The highest BCUT2D eigenvalue weighted by Crippen LogP contribution is 2.16. The summed E-state index contributed by atoms with van der Waals surface area (Å²) < 4.78 is 0. The van der Waals surface area contributed by atoms with Crippen molar-refractivity contribution in [3.05, 3.63) is 21.9 Å². The average Bonchev–Trinajstić information content (AvgIpc) is 2.34. The maximum absolute atomic E-state index is 10.3. The number of hydrogen-bond acceptors (Lipinski definition) is 2. The van der Waals surface area contributed by atoms with Crippen LogP contribution in [-0.4, -0.2) is 11.1 Å². The number of carbonyl (C=O) groups is 1. The van der Waals surface area contributed by atoms with E-state index in [1.54, 1.807) is 6.07 Å². The Morgan fingerprint density at radius 2 is 2.40 bits per heavy atom. The van der Waals surface area contributed by atoms with Crippen molar-refractivity contribution in [2.24, 2.45) is 0 Å². The summed E-state index contributed by atoms with van der Waals surface area (Å²) in [6, 6.07) is 3.50. The number of hydrogen-bond donors (Lipinski definition) is 1. The van der Waals surface area contributed by atoms with Crippen molar-refractivity contribution in [1.82, 2.24) is 0 Å². The Bertz CT molecular complexity index is 240. The fourth-order valence-electron chi connectivity index (χ4n) is 0.683. The molecular formula is C7H8O2S. The molecule has 0 aliphatic heterocycles. The van der Waals surface area contributed by atoms with Crippen molar-refractivity contribution < 1.29 is 9.90 Å². The average molecular weight is 156 g/mol. The summed E-state index contributed by atoms with van der Waals surface area (Å²) in [7, 11) is 0. The van der Waals surface area contributed by atoms with Crippen LogP contribution in [0, 0.1) is 0 Å². The summed E-state index contributed by atoms with van der Waals surface area (Å²) in [6.07, 6.45) is 0.915. The molecule has 0 amide bonds. The fourth-order valence-corrected chi connectivity index (χ4v) is 1.47. The predicted molar refractivity (Wildman–Crippen MR) is 40.7 cm³/mol. The van der Waals surface area contributed by atoms with Crippen LogP contribution in [-0.2, 0) is 6.42 Å². The molecule has 0 atom stereocenters. The van der Waals surface area contributed by atoms with Gasteiger partial charge in [-0.05, 0) is 18.6 Å². The standard InChI is InChI=1S/C7H8O2S/c1-2-5-3-4-6(10-5)7(8)9/h3-4H,2H2,1H3,(H,8,9). The van der Waals surface area contributed by atoms with E-state index in [-0.39, 0.29) is 0 Å². The first-order chi connectivity index (χ1) is 4.74. The first kappa shape index (κ1) is 7.28. The number of carboxylic acid groups (broad SMARTS) is 1. The maximum Gasteiger partial charge on any atom is 0.345 e. The van der Waals surface area contributed by atoms with Gasteiger partial charge < -0.3 is 5.11 Å². The molecule has 0 aliphatic rings. The van der Waals surface area contributed by atoms with Crippen LogP contribution in [0.3, 0.4) is 0 Å². The van der Waals surface area contributed by atoms with Gasteiger partial charge in [-0.1, -0.05) is 6.92 Å². The van der Waals surface area contributed by atoms with E-state index in [0.29, 0.717) is 4.88 Å². The SMILES string of the molecule is CCc1ccc(C(=O)O)s1. The van der Waals surface area contributed by atoms with E-state index in [2.05, 4.69) is 0 Å². The second-order valence-electron chi connectivity index (χ2n) is 1.92. The van der Waals surface area contributed by atoms with Gasteiger partial charge in [-0.2, -0.15) is 0 Å². The lowest BCUT2D eigenvalue weighted by molar-refractivity contribution is 0.0702. The van der Waals surface area contributed by atoms with Gasteiger partial charge in [0.15, 0.2) is 0 Å². The summed E-state index contributed by atoms with van der Waals surface area (Å²) in [6.45, 7) is 2.01. The topological polar surface area (TPSA) is 37.3 Å². The number of aryl methyl sites for hydroxylation is 1. The Morgan fingerprint density at radius 3 is 2.70 bits per heavy atom. The smallest absolute Gasteiger partial charge is 0.345 e. The molecule has 1 rings (SSSR count). The molecule has 0 aliphatic carbocycles. The van der Waals surface area contributed by atoms with Crippen molar-refractivity contribution in [2.75, 3.05) is 0 Å². The summed E-state index contributed by atoms with van der Waals surface area (Å²) in [5, 5.41) is 8.50. The van der Waals surface area contributed by atoms with Crippen molar-refractivity contribution in [1.29, 1.82) is 0 Å². The molecule has 54 valence electrons. The second kappa shape index (κ2) is 2.84. The second-order valence-corrected chi connectivity index (χ2v) is 3.09. The van der Waals surface area contributed by atoms with Gasteiger partial charge >= 0.3 is 5.97 Å². The molecule has 1 aromatic rings. The molecule has 0 bridgehead atoms. The largest absolute Gasteiger partial charge is 0.477 e. The lowest BCUT2D eigenvalue weighted by atomic mass is 10.4. The van der Waals surface area contributed by atoms with Gasteiger partial charge in [0.05, 0.1) is 0 Å². The van der Waals surface area contributed by atoms with Crippen molar-refractivity contribution in [3.8, 4) is 0 Å². The first-order valence-electron chi connectivity index (χ1n) is 3.06. The van der Waals surface area contributed by atoms with E-state index in [0.717, 1.165) is 11.3 Å². The quantitative estimate of drug-likeness (QED) is 0.711. The molecule has 3 heteroatoms. The van der Waals surface area contributed by atoms with Crippen molar-refractivity contribution >= 4 is 17.3 Å². The lowest BCUT2D eigenvalue weighted by Crippen LogP contribution is -1.89. The fraction of sp³-hybridized carbons (Fsp3) is 0.286. The molecule has 0 aromatic carbocycles. The van der Waals surface area contributed by atoms with Gasteiger partial charge in [0.25, 0.3) is 0 Å². The Morgan fingerprint density at radius 1 is 1.70 bits per heavy atom. The highest BCUT2D eigenvalue weighted by Gasteiger charge is 2.04. The molecule has 0 fully saturated rings. The molecule has 10 heavy (non-hydrogen) atoms. The zero-order chi connectivity index (χ0) is 7.56. The summed E-state index contributed by atoms with van der Waals surface area (Å²) in [4.78, 5) is 11.9. The number of rotatable bonds is 2. The van der Waals surface area contributed by atoms with Crippen LogP contribution in [0.4, 0.5) is 0 Å². The minimum atomic E-state index is -0.829. The molecule has 1 aromatic heterocycles. The molecule has 1 N–H and O–H groups in total. The first-order valence-corrected chi connectivity index (χ1v) is 3.87. The lowest BCUT2D eigenvalue weighted by Gasteiger charge is -1.83. The van der Waals surface area contributed by atoms with E-state index >= 15 is 0 Å². The van der Waals surface area contributed by atoms with Gasteiger partial charge in [-0.15, -0.1) is 11.3 Å². The molecule has 0 unspecified atom stereocenters. The Balaban J connectivity index is 2.88. The van der Waals surface area contributed by atoms with Crippen LogP contribution < -0.4 is 0 Å². The summed E-state index contributed by atoms with van der Waals surface area (Å²) in [5.41, 5.74) is 0. The van der Waals surface area contributed by atoms with Gasteiger partial charge in [0.2, 0.25) is 0 Å². The number of carboxylic acids is 1.